The Kier molecular flexibility index (Phi) is 7.17. The number of anilines is 2. The van der Waals surface area contributed by atoms with Crippen molar-refractivity contribution in [2.24, 2.45) is 10.9 Å². The highest BCUT2D eigenvalue weighted by Crippen LogP contribution is 2.35. The van der Waals surface area contributed by atoms with Crippen LogP contribution in [-0.2, 0) is 6.18 Å². The van der Waals surface area contributed by atoms with Gasteiger partial charge in [0.15, 0.2) is 0 Å². The molecular weight excluding hydrogens is 529 g/mol. The number of likely N-dealkylation sites (tertiary alicyclic amines) is 1. The Bertz CT molecular complexity index is 1400. The first kappa shape index (κ1) is 27.4. The van der Waals surface area contributed by atoms with E-state index in [1.54, 1.807) is 29.7 Å². The van der Waals surface area contributed by atoms with Crippen LogP contribution in [0.25, 0.3) is 0 Å². The summed E-state index contributed by atoms with van der Waals surface area (Å²) in [5.74, 6) is 0.0598. The zero-order valence-corrected chi connectivity index (χ0v) is 22.0. The maximum Gasteiger partial charge on any atom is 0.417 e. The number of nitriles is 1. The highest BCUT2D eigenvalue weighted by molar-refractivity contribution is 6.08. The van der Waals surface area contributed by atoms with Crippen molar-refractivity contribution < 1.29 is 27.5 Å². The molecule has 3 aliphatic rings. The summed E-state index contributed by atoms with van der Waals surface area (Å²) in [5, 5.41) is 33.3. The molecule has 5 rings (SSSR count). The number of hydrogen-bond donors (Lipinski definition) is 3. The molecule has 0 unspecified atom stereocenters. The van der Waals surface area contributed by atoms with Crippen LogP contribution in [0.1, 0.15) is 54.9 Å². The van der Waals surface area contributed by atoms with E-state index in [1.807, 2.05) is 0 Å². The summed E-state index contributed by atoms with van der Waals surface area (Å²) in [6.07, 6.45) is -2.82. The van der Waals surface area contributed by atoms with Crippen LogP contribution in [0, 0.1) is 17.2 Å². The summed E-state index contributed by atoms with van der Waals surface area (Å²) in [6, 6.07) is 5.32. The van der Waals surface area contributed by atoms with E-state index < -0.39 is 22.9 Å². The number of rotatable bonds is 4. The van der Waals surface area contributed by atoms with Gasteiger partial charge >= 0.3 is 24.0 Å². The van der Waals surface area contributed by atoms with Crippen LogP contribution in [0.5, 0.6) is 0 Å². The molecule has 0 radical (unpaired) electrons. The Morgan fingerprint density at radius 2 is 1.98 bits per heavy atom. The molecule has 212 valence electrons. The predicted molar refractivity (Wildman–Crippen MR) is 138 cm³/mol. The van der Waals surface area contributed by atoms with Gasteiger partial charge in [-0.2, -0.15) is 18.4 Å². The lowest BCUT2D eigenvalue weighted by molar-refractivity contribution is -0.137. The SMILES string of the molecule is CC(C)(O)C1CCN(C(=O)c2nnc(NC3=NCNC4=C3CCN(c3ccc(C#N)c(C(F)(F)F)c3)C4)o2)CC1. The van der Waals surface area contributed by atoms with Crippen LogP contribution in [0.4, 0.5) is 24.9 Å². The van der Waals surface area contributed by atoms with E-state index in [0.717, 1.165) is 17.3 Å². The number of amidine groups is 1. The van der Waals surface area contributed by atoms with Gasteiger partial charge in [0, 0.05) is 36.6 Å². The molecule has 4 heterocycles. The number of carbonyl (C=O) groups is 1. The van der Waals surface area contributed by atoms with Gasteiger partial charge in [0.25, 0.3) is 0 Å². The number of aliphatic hydroxyl groups is 1. The molecule has 40 heavy (non-hydrogen) atoms. The van der Waals surface area contributed by atoms with Gasteiger partial charge in [-0.3, -0.25) is 10.1 Å². The fraction of sp³-hybridized carbons (Fsp3) is 0.500. The number of alkyl halides is 3. The highest BCUT2D eigenvalue weighted by Gasteiger charge is 2.36. The van der Waals surface area contributed by atoms with Gasteiger partial charge in [-0.1, -0.05) is 5.10 Å². The number of aromatic nitrogens is 2. The van der Waals surface area contributed by atoms with E-state index >= 15 is 0 Å². The smallest absolute Gasteiger partial charge is 0.399 e. The molecule has 0 spiro atoms. The van der Waals surface area contributed by atoms with Gasteiger partial charge in [0.2, 0.25) is 0 Å². The average Bonchev–Trinajstić information content (AvgIpc) is 3.40. The maximum atomic E-state index is 13.5. The third-order valence-electron chi connectivity index (χ3n) is 7.57. The van der Waals surface area contributed by atoms with Gasteiger partial charge in [-0.15, -0.1) is 5.10 Å². The molecule has 1 aromatic heterocycles. The van der Waals surface area contributed by atoms with Gasteiger partial charge in [0.05, 0.1) is 29.3 Å². The molecule has 0 saturated carbocycles. The van der Waals surface area contributed by atoms with Crippen LogP contribution in [-0.4, -0.2) is 70.4 Å². The van der Waals surface area contributed by atoms with Crippen molar-refractivity contribution in [3.8, 4) is 6.07 Å². The lowest BCUT2D eigenvalue weighted by Crippen LogP contribution is -2.44. The lowest BCUT2D eigenvalue weighted by atomic mass is 9.83. The second-order valence-corrected chi connectivity index (χ2v) is 10.6. The molecule has 14 heteroatoms. The fourth-order valence-corrected chi connectivity index (χ4v) is 5.28. The summed E-state index contributed by atoms with van der Waals surface area (Å²) < 4.78 is 46.0. The van der Waals surface area contributed by atoms with E-state index in [0.29, 0.717) is 57.0 Å². The Balaban J connectivity index is 1.25. The van der Waals surface area contributed by atoms with E-state index in [-0.39, 0.29) is 30.4 Å². The predicted octanol–water partition coefficient (Wildman–Crippen LogP) is 3.12. The number of hydrogen-bond acceptors (Lipinski definition) is 10. The summed E-state index contributed by atoms with van der Waals surface area (Å²) in [6.45, 7) is 5.46. The van der Waals surface area contributed by atoms with Crippen LogP contribution in [0.3, 0.4) is 0 Å². The molecule has 1 saturated heterocycles. The van der Waals surface area contributed by atoms with Gasteiger partial charge < -0.3 is 24.6 Å². The van der Waals surface area contributed by atoms with Gasteiger partial charge in [0.1, 0.15) is 12.5 Å². The largest absolute Gasteiger partial charge is 0.417 e. The van der Waals surface area contributed by atoms with E-state index in [9.17, 15) is 23.1 Å². The summed E-state index contributed by atoms with van der Waals surface area (Å²) >= 11 is 0. The third kappa shape index (κ3) is 5.60. The van der Waals surface area contributed by atoms with Gasteiger partial charge in [-0.05, 0) is 57.2 Å². The molecule has 1 amide bonds. The first-order chi connectivity index (χ1) is 18.9. The molecule has 1 aromatic carbocycles. The van der Waals surface area contributed by atoms with Crippen molar-refractivity contribution >= 4 is 23.4 Å². The Hall–Kier alpha value is -4.12. The molecule has 0 aliphatic carbocycles. The zero-order valence-electron chi connectivity index (χ0n) is 22.0. The van der Waals surface area contributed by atoms with E-state index in [2.05, 4.69) is 25.8 Å². The van der Waals surface area contributed by atoms with Crippen molar-refractivity contribution in [1.29, 1.82) is 5.26 Å². The van der Waals surface area contributed by atoms with E-state index in [4.69, 9.17) is 9.68 Å². The second-order valence-electron chi connectivity index (χ2n) is 10.6. The molecule has 1 fully saturated rings. The first-order valence-electron chi connectivity index (χ1n) is 12.9. The number of amides is 1. The number of benzene rings is 1. The molecule has 2 aromatic rings. The zero-order chi connectivity index (χ0) is 28.7. The minimum atomic E-state index is -4.63. The van der Waals surface area contributed by atoms with Gasteiger partial charge in [-0.25, -0.2) is 4.99 Å². The van der Waals surface area contributed by atoms with Crippen molar-refractivity contribution in [2.75, 3.05) is 43.1 Å². The van der Waals surface area contributed by atoms with Crippen LogP contribution < -0.4 is 15.5 Å². The number of piperidine rings is 1. The standard InChI is InChI=1S/C26H29F3N8O3/c1-25(2,39)16-5-8-36(9-6-16)23(38)22-34-35-24(40-22)33-21-18-7-10-37(13-20(18)31-14-32-21)17-4-3-15(12-30)19(11-17)26(27,28)29/h3-4,11,16,31,39H,5-10,13-14H2,1-2H3,(H,32,33,35). The van der Waals surface area contributed by atoms with Crippen LogP contribution >= 0.6 is 0 Å². The van der Waals surface area contributed by atoms with Crippen molar-refractivity contribution in [1.82, 2.24) is 20.4 Å². The van der Waals surface area contributed by atoms with Crippen LogP contribution in [0.2, 0.25) is 0 Å². The Morgan fingerprint density at radius 1 is 1.23 bits per heavy atom. The number of aliphatic imine (C=N–C) groups is 1. The quantitative estimate of drug-likeness (QED) is 0.516. The Morgan fingerprint density at radius 3 is 2.65 bits per heavy atom. The topological polar surface area (TPSA) is 143 Å². The number of halogens is 3. The monoisotopic (exact) mass is 558 g/mol. The second kappa shape index (κ2) is 10.5. The summed E-state index contributed by atoms with van der Waals surface area (Å²) in [5.41, 5.74) is -0.207. The molecular formula is C26H29F3N8O3. The summed E-state index contributed by atoms with van der Waals surface area (Å²) in [7, 11) is 0. The van der Waals surface area contributed by atoms with E-state index in [1.165, 1.54) is 12.1 Å². The van der Waals surface area contributed by atoms with Crippen molar-refractivity contribution in [2.45, 2.75) is 44.9 Å². The minimum absolute atomic E-state index is 0.00608. The van der Waals surface area contributed by atoms with Crippen molar-refractivity contribution in [3.63, 3.8) is 0 Å². The maximum absolute atomic E-state index is 13.5. The normalized spacial score (nSPS) is 18.6. The van der Waals surface area contributed by atoms with Crippen molar-refractivity contribution in [3.05, 3.63) is 46.5 Å². The molecule has 11 nitrogen and oxygen atoms in total. The molecule has 3 N–H and O–H groups in total. The molecule has 0 atom stereocenters. The number of carbonyl (C=O) groups excluding carboxylic acids is 1. The average molecular weight is 559 g/mol. The highest BCUT2D eigenvalue weighted by atomic mass is 19.4. The lowest BCUT2D eigenvalue weighted by Gasteiger charge is -2.37. The van der Waals surface area contributed by atoms with Crippen LogP contribution in [0.15, 0.2) is 38.9 Å². The number of nitrogens with one attached hydrogen (secondary N) is 2. The summed E-state index contributed by atoms with van der Waals surface area (Å²) in [4.78, 5) is 20.8. The third-order valence-corrected chi connectivity index (χ3v) is 7.57. The molecule has 0 bridgehead atoms. The fourth-order valence-electron chi connectivity index (χ4n) is 5.28. The molecule has 3 aliphatic heterocycles. The minimum Gasteiger partial charge on any atom is -0.399 e. The Labute approximate surface area is 228 Å². The number of nitrogens with zero attached hydrogens (tertiary/aromatic N) is 6. The first-order valence-corrected chi connectivity index (χ1v) is 12.9.